The molecular weight excluding hydrogens is 353 g/mol. The molecule has 2 aromatic rings. The first-order chi connectivity index (χ1) is 12.6. The van der Waals surface area contributed by atoms with Crippen molar-refractivity contribution < 1.29 is 18.7 Å². The number of nitrogens with one attached hydrogen (secondary N) is 1. The number of benzene rings is 1. The number of rotatable bonds is 4. The summed E-state index contributed by atoms with van der Waals surface area (Å²) in [5, 5.41) is 3.21. The third-order valence-electron chi connectivity index (χ3n) is 4.50. The van der Waals surface area contributed by atoms with Crippen molar-refractivity contribution in [2.75, 3.05) is 11.9 Å². The Bertz CT molecular complexity index is 815. The summed E-state index contributed by atoms with van der Waals surface area (Å²) >= 11 is 1.41. The van der Waals surface area contributed by atoms with Crippen LogP contribution in [0.25, 0.3) is 0 Å². The van der Waals surface area contributed by atoms with Crippen LogP contribution in [0, 0.1) is 5.82 Å². The summed E-state index contributed by atoms with van der Waals surface area (Å²) in [6, 6.07) is 5.82. The molecule has 3 rings (SSSR count). The van der Waals surface area contributed by atoms with E-state index in [0.717, 1.165) is 42.5 Å². The van der Waals surface area contributed by atoms with Crippen molar-refractivity contribution in [3.63, 3.8) is 0 Å². The number of anilines is 1. The van der Waals surface area contributed by atoms with Gasteiger partial charge in [-0.25, -0.2) is 9.18 Å². The Morgan fingerprint density at radius 1 is 1.15 bits per heavy atom. The molecule has 0 radical (unpaired) electrons. The van der Waals surface area contributed by atoms with Crippen LogP contribution in [-0.2, 0) is 17.6 Å². The van der Waals surface area contributed by atoms with Gasteiger partial charge in [0.05, 0.1) is 17.7 Å². The number of aryl methyl sites for hydroxylation is 1. The number of amides is 1. The Kier molecular flexibility index (Phi) is 6.04. The van der Waals surface area contributed by atoms with Gasteiger partial charge in [-0.2, -0.15) is 0 Å². The number of ether oxygens (including phenoxy) is 1. The second kappa shape index (κ2) is 8.45. The van der Waals surface area contributed by atoms with E-state index in [1.807, 2.05) is 0 Å². The number of hydrogen-bond acceptors (Lipinski definition) is 4. The molecule has 1 N–H and O–H groups in total. The van der Waals surface area contributed by atoms with Gasteiger partial charge in [0.25, 0.3) is 5.91 Å². The van der Waals surface area contributed by atoms with Crippen LogP contribution in [0.4, 0.5) is 9.39 Å². The Hall–Kier alpha value is -2.21. The molecule has 1 aliphatic carbocycles. The second-order valence-electron chi connectivity index (χ2n) is 6.28. The number of hydrogen-bond donors (Lipinski definition) is 1. The molecule has 0 saturated carbocycles. The average Bonchev–Trinajstić information content (AvgIpc) is 2.92. The van der Waals surface area contributed by atoms with Gasteiger partial charge in [-0.3, -0.25) is 4.79 Å². The molecule has 0 aliphatic heterocycles. The number of halogens is 1. The molecule has 0 fully saturated rings. The summed E-state index contributed by atoms with van der Waals surface area (Å²) < 4.78 is 19.1. The van der Waals surface area contributed by atoms with Gasteiger partial charge in [0.15, 0.2) is 0 Å². The number of fused-ring (bicyclic) bond motifs is 1. The van der Waals surface area contributed by atoms with Gasteiger partial charge in [-0.1, -0.05) is 25.0 Å². The van der Waals surface area contributed by atoms with Crippen LogP contribution >= 0.6 is 11.3 Å². The summed E-state index contributed by atoms with van der Waals surface area (Å²) in [6.45, 7) is 2.02. The van der Waals surface area contributed by atoms with Crippen LogP contribution < -0.4 is 5.32 Å². The third-order valence-corrected chi connectivity index (χ3v) is 5.70. The van der Waals surface area contributed by atoms with E-state index >= 15 is 0 Å². The summed E-state index contributed by atoms with van der Waals surface area (Å²) in [5.41, 5.74) is 1.39. The molecule has 1 heterocycles. The molecule has 0 spiro atoms. The Morgan fingerprint density at radius 2 is 1.88 bits per heavy atom. The van der Waals surface area contributed by atoms with E-state index in [1.54, 1.807) is 13.0 Å². The maximum Gasteiger partial charge on any atom is 0.341 e. The SMILES string of the molecule is CCOC(=O)c1c(NC(=O)c2ccccc2F)sc2c1CCCCCC2. The number of esters is 1. The van der Waals surface area contributed by atoms with Crippen molar-refractivity contribution in [1.82, 2.24) is 0 Å². The van der Waals surface area contributed by atoms with Gasteiger partial charge in [-0.05, 0) is 50.3 Å². The predicted octanol–water partition coefficient (Wildman–Crippen LogP) is 4.98. The van der Waals surface area contributed by atoms with Crippen LogP contribution in [0.5, 0.6) is 0 Å². The largest absolute Gasteiger partial charge is 0.462 e. The Balaban J connectivity index is 1.97. The molecule has 1 amide bonds. The lowest BCUT2D eigenvalue weighted by molar-refractivity contribution is 0.0526. The Labute approximate surface area is 156 Å². The van der Waals surface area contributed by atoms with E-state index in [4.69, 9.17) is 4.74 Å². The molecule has 0 unspecified atom stereocenters. The van der Waals surface area contributed by atoms with Gasteiger partial charge in [0.2, 0.25) is 0 Å². The fraction of sp³-hybridized carbons (Fsp3) is 0.400. The van der Waals surface area contributed by atoms with Crippen molar-refractivity contribution in [1.29, 1.82) is 0 Å². The summed E-state index contributed by atoms with van der Waals surface area (Å²) in [5.74, 6) is -1.56. The lowest BCUT2D eigenvalue weighted by atomic mass is 9.96. The minimum Gasteiger partial charge on any atom is -0.462 e. The second-order valence-corrected chi connectivity index (χ2v) is 7.38. The first-order valence-electron chi connectivity index (χ1n) is 8.99. The molecule has 26 heavy (non-hydrogen) atoms. The zero-order valence-corrected chi connectivity index (χ0v) is 15.6. The summed E-state index contributed by atoms with van der Waals surface area (Å²) in [4.78, 5) is 26.2. The monoisotopic (exact) mass is 375 g/mol. The van der Waals surface area contributed by atoms with Gasteiger partial charge in [0, 0.05) is 4.88 Å². The van der Waals surface area contributed by atoms with Gasteiger partial charge in [-0.15, -0.1) is 11.3 Å². The zero-order chi connectivity index (χ0) is 18.5. The fourth-order valence-electron chi connectivity index (χ4n) is 3.24. The maximum atomic E-state index is 13.9. The van der Waals surface area contributed by atoms with Crippen LogP contribution in [0.1, 0.15) is 63.8 Å². The first-order valence-corrected chi connectivity index (χ1v) is 9.81. The Morgan fingerprint density at radius 3 is 2.62 bits per heavy atom. The lowest BCUT2D eigenvalue weighted by Gasteiger charge is -2.11. The molecule has 138 valence electrons. The van der Waals surface area contributed by atoms with Crippen molar-refractivity contribution in [3.8, 4) is 0 Å². The van der Waals surface area contributed by atoms with Gasteiger partial charge >= 0.3 is 5.97 Å². The zero-order valence-electron chi connectivity index (χ0n) is 14.8. The van der Waals surface area contributed by atoms with Crippen molar-refractivity contribution in [3.05, 3.63) is 51.7 Å². The van der Waals surface area contributed by atoms with Crippen molar-refractivity contribution >= 4 is 28.2 Å². The molecule has 0 bridgehead atoms. The van der Waals surface area contributed by atoms with E-state index in [9.17, 15) is 14.0 Å². The number of carbonyl (C=O) groups is 2. The molecule has 1 aromatic carbocycles. The standard InChI is InChI=1S/C20H22FNO3S/c1-2-25-20(24)17-14-10-5-3-4-6-12-16(14)26-19(17)22-18(23)13-9-7-8-11-15(13)21/h7-9,11H,2-6,10,12H2,1H3,(H,22,23). The van der Waals surface area contributed by atoms with E-state index in [-0.39, 0.29) is 12.2 Å². The highest BCUT2D eigenvalue weighted by Gasteiger charge is 2.26. The maximum absolute atomic E-state index is 13.9. The molecule has 1 aliphatic rings. The highest BCUT2D eigenvalue weighted by Crippen LogP contribution is 2.37. The average molecular weight is 375 g/mol. The fourth-order valence-corrected chi connectivity index (χ4v) is 4.51. The lowest BCUT2D eigenvalue weighted by Crippen LogP contribution is -2.16. The molecule has 6 heteroatoms. The summed E-state index contributed by atoms with van der Waals surface area (Å²) in [7, 11) is 0. The van der Waals surface area contributed by atoms with E-state index in [1.165, 1.54) is 36.0 Å². The number of carbonyl (C=O) groups excluding carboxylic acids is 2. The summed E-state index contributed by atoms with van der Waals surface area (Å²) in [6.07, 6.45) is 6.07. The minimum atomic E-state index is -0.586. The number of thiophene rings is 1. The van der Waals surface area contributed by atoms with Crippen molar-refractivity contribution in [2.24, 2.45) is 0 Å². The predicted molar refractivity (Wildman–Crippen MR) is 101 cm³/mol. The quantitative estimate of drug-likeness (QED) is 0.767. The minimum absolute atomic E-state index is 0.0388. The van der Waals surface area contributed by atoms with Crippen molar-refractivity contribution in [2.45, 2.75) is 45.4 Å². The van der Waals surface area contributed by atoms with E-state index < -0.39 is 17.7 Å². The van der Waals surface area contributed by atoms with Crippen LogP contribution in [0.15, 0.2) is 24.3 Å². The van der Waals surface area contributed by atoms with Crippen LogP contribution in [0.3, 0.4) is 0 Å². The van der Waals surface area contributed by atoms with Crippen LogP contribution in [0.2, 0.25) is 0 Å². The van der Waals surface area contributed by atoms with Gasteiger partial charge in [0.1, 0.15) is 10.8 Å². The van der Waals surface area contributed by atoms with Gasteiger partial charge < -0.3 is 10.1 Å². The third kappa shape index (κ3) is 3.96. The molecule has 4 nitrogen and oxygen atoms in total. The highest BCUT2D eigenvalue weighted by atomic mass is 32.1. The molecule has 0 saturated heterocycles. The van der Waals surface area contributed by atoms with E-state index in [0.29, 0.717) is 10.6 Å². The molecular formula is C20H22FNO3S. The normalized spacial score (nSPS) is 14.1. The van der Waals surface area contributed by atoms with Crippen LogP contribution in [-0.4, -0.2) is 18.5 Å². The topological polar surface area (TPSA) is 55.4 Å². The van der Waals surface area contributed by atoms with E-state index in [2.05, 4.69) is 5.32 Å². The molecule has 0 atom stereocenters. The smallest absolute Gasteiger partial charge is 0.341 e. The first kappa shape index (κ1) is 18.6. The highest BCUT2D eigenvalue weighted by molar-refractivity contribution is 7.17. The molecule has 1 aromatic heterocycles.